The van der Waals surface area contributed by atoms with Crippen LogP contribution in [-0.4, -0.2) is 76.6 Å². The smallest absolute Gasteiger partial charge is 0.166 e. The molecule has 0 unspecified atom stereocenters. The number of aliphatic imine (C=N–C) groups is 3. The number of hydrogen-bond donors (Lipinski definition) is 3. The van der Waals surface area contributed by atoms with Crippen LogP contribution in [0.1, 0.15) is 16.7 Å². The second kappa shape index (κ2) is 23.9. The molecule has 6 rings (SSSR count). The molecule has 0 heterocycles. The molecule has 0 bridgehead atoms. The van der Waals surface area contributed by atoms with Crippen molar-refractivity contribution in [1.82, 2.24) is 0 Å². The summed E-state index contributed by atoms with van der Waals surface area (Å²) in [4.78, 5) is 12.9. The Morgan fingerprint density at radius 1 is 0.345 bits per heavy atom. The van der Waals surface area contributed by atoms with E-state index < -0.39 is 0 Å². The number of methoxy groups -OCH3 is 6. The zero-order valence-electron chi connectivity index (χ0n) is 32.9. The first-order valence-electron chi connectivity index (χ1n) is 17.4. The Morgan fingerprint density at radius 2 is 0.586 bits per heavy atom. The van der Waals surface area contributed by atoms with Gasteiger partial charge in [-0.2, -0.15) is 0 Å². The van der Waals surface area contributed by atoms with Crippen molar-refractivity contribution in [1.29, 1.82) is 0 Å². The third kappa shape index (κ3) is 13.4. The maximum absolute atomic E-state index is 9.91. The molecule has 58 heavy (non-hydrogen) atoms. The molecule has 0 spiro atoms. The SMILES string of the molecule is COc1ccc(N=Cc2cccc(OC)c2O)cc1.COc1ccc(N=Cc2cccc(OC)c2O)cc1.COc1ccc(N=Cc2cccc(OC)c2O)cc1.[Mn]. The number of nitrogens with zero attached hydrogens (tertiary/aromatic N) is 3. The van der Waals surface area contributed by atoms with Gasteiger partial charge in [0.05, 0.1) is 59.7 Å². The van der Waals surface area contributed by atoms with E-state index in [-0.39, 0.29) is 34.3 Å². The first-order chi connectivity index (χ1) is 27.7. The summed E-state index contributed by atoms with van der Waals surface area (Å²) in [5, 5.41) is 29.7. The van der Waals surface area contributed by atoms with E-state index >= 15 is 0 Å². The minimum absolute atomic E-state index is 0. The van der Waals surface area contributed by atoms with Gasteiger partial charge in [0, 0.05) is 52.4 Å². The summed E-state index contributed by atoms with van der Waals surface area (Å²) < 4.78 is 30.3. The molecule has 301 valence electrons. The van der Waals surface area contributed by atoms with Crippen LogP contribution in [0.3, 0.4) is 0 Å². The molecule has 6 aromatic rings. The monoisotopic (exact) mass is 826 g/mol. The molecule has 0 atom stereocenters. The molecule has 0 aromatic heterocycles. The van der Waals surface area contributed by atoms with Gasteiger partial charge in [-0.15, -0.1) is 0 Å². The summed E-state index contributed by atoms with van der Waals surface area (Å²) in [6, 6.07) is 37.8. The number of para-hydroxylation sites is 3. The molecule has 13 heteroatoms. The Bertz CT molecular complexity index is 1990. The van der Waals surface area contributed by atoms with E-state index in [0.717, 1.165) is 34.3 Å². The molecule has 0 fully saturated rings. The summed E-state index contributed by atoms with van der Waals surface area (Å²) in [5.41, 5.74) is 4.16. The van der Waals surface area contributed by atoms with Gasteiger partial charge in [0.2, 0.25) is 0 Å². The van der Waals surface area contributed by atoms with Crippen LogP contribution in [0.5, 0.6) is 51.7 Å². The standard InChI is InChI=1S/3C15H15NO3.Mn/c3*1-18-13-8-6-12(7-9-13)16-10-11-4-3-5-14(19-2)15(11)17;/h3*3-10,17H,1-2H3;. The normalized spacial score (nSPS) is 10.4. The molecule has 12 nitrogen and oxygen atoms in total. The van der Waals surface area contributed by atoms with Crippen LogP contribution < -0.4 is 28.4 Å². The van der Waals surface area contributed by atoms with Gasteiger partial charge in [-0.3, -0.25) is 15.0 Å². The van der Waals surface area contributed by atoms with Gasteiger partial charge >= 0.3 is 0 Å². The maximum Gasteiger partial charge on any atom is 0.166 e. The first kappa shape index (κ1) is 45.4. The Morgan fingerprint density at radius 3 is 0.793 bits per heavy atom. The Balaban J connectivity index is 0.000000231. The van der Waals surface area contributed by atoms with Gasteiger partial charge in [0.1, 0.15) is 17.2 Å². The van der Waals surface area contributed by atoms with Crippen LogP contribution in [-0.2, 0) is 17.1 Å². The predicted octanol–water partition coefficient (Wildman–Crippen LogP) is 9.48. The molecule has 6 aromatic carbocycles. The Labute approximate surface area is 348 Å². The van der Waals surface area contributed by atoms with Crippen molar-refractivity contribution in [3.8, 4) is 51.7 Å². The van der Waals surface area contributed by atoms with Gasteiger partial charge in [-0.1, -0.05) is 18.2 Å². The summed E-state index contributed by atoms with van der Waals surface area (Å²) in [6.07, 6.45) is 4.79. The minimum Gasteiger partial charge on any atom is -0.504 e. The number of phenolic OH excluding ortho intramolecular Hbond substituents is 3. The maximum atomic E-state index is 9.91. The number of hydrogen-bond acceptors (Lipinski definition) is 12. The van der Waals surface area contributed by atoms with Crippen LogP contribution in [0.4, 0.5) is 17.1 Å². The molecule has 0 amide bonds. The fraction of sp³-hybridized carbons (Fsp3) is 0.133. The predicted molar refractivity (Wildman–Crippen MR) is 225 cm³/mol. The fourth-order valence-electron chi connectivity index (χ4n) is 4.86. The van der Waals surface area contributed by atoms with E-state index in [1.165, 1.54) is 21.3 Å². The van der Waals surface area contributed by atoms with Crippen molar-refractivity contribution < 1.29 is 60.8 Å². The third-order valence-electron chi connectivity index (χ3n) is 8.03. The molecule has 0 aliphatic rings. The number of aromatic hydroxyl groups is 3. The van der Waals surface area contributed by atoms with Crippen molar-refractivity contribution in [3.63, 3.8) is 0 Å². The quantitative estimate of drug-likeness (QED) is 0.0809. The number of phenols is 3. The van der Waals surface area contributed by atoms with E-state index in [9.17, 15) is 15.3 Å². The van der Waals surface area contributed by atoms with Crippen molar-refractivity contribution in [2.75, 3.05) is 42.7 Å². The topological polar surface area (TPSA) is 153 Å². The van der Waals surface area contributed by atoms with Crippen LogP contribution in [0, 0.1) is 0 Å². The molecule has 0 aliphatic carbocycles. The van der Waals surface area contributed by atoms with Gasteiger partial charge in [-0.05, 0) is 109 Å². The third-order valence-corrected chi connectivity index (χ3v) is 8.03. The second-order valence-electron chi connectivity index (χ2n) is 11.6. The van der Waals surface area contributed by atoms with Crippen molar-refractivity contribution in [2.24, 2.45) is 15.0 Å². The largest absolute Gasteiger partial charge is 0.504 e. The Kier molecular flexibility index (Phi) is 18.7. The van der Waals surface area contributed by atoms with E-state index in [0.29, 0.717) is 33.9 Å². The summed E-state index contributed by atoms with van der Waals surface area (Å²) in [5.74, 6) is 3.89. The van der Waals surface area contributed by atoms with Gasteiger partial charge in [0.15, 0.2) is 34.5 Å². The molecule has 0 saturated heterocycles. The fourth-order valence-corrected chi connectivity index (χ4v) is 4.86. The average molecular weight is 827 g/mol. The molecule has 3 N–H and O–H groups in total. The van der Waals surface area contributed by atoms with Crippen LogP contribution in [0.25, 0.3) is 0 Å². The summed E-state index contributed by atoms with van der Waals surface area (Å²) in [6.45, 7) is 0. The number of benzene rings is 6. The van der Waals surface area contributed by atoms with Crippen LogP contribution >= 0.6 is 0 Å². The molecule has 0 saturated carbocycles. The summed E-state index contributed by atoms with van der Waals surface area (Å²) in [7, 11) is 9.39. The zero-order valence-corrected chi connectivity index (χ0v) is 34.0. The molecular weight excluding hydrogens is 781 g/mol. The van der Waals surface area contributed by atoms with E-state index in [1.807, 2.05) is 72.8 Å². The van der Waals surface area contributed by atoms with E-state index in [2.05, 4.69) is 15.0 Å². The van der Waals surface area contributed by atoms with Crippen molar-refractivity contribution in [3.05, 3.63) is 144 Å². The van der Waals surface area contributed by atoms with Gasteiger partial charge in [0.25, 0.3) is 0 Å². The number of rotatable bonds is 12. The van der Waals surface area contributed by atoms with Crippen molar-refractivity contribution >= 4 is 35.7 Å². The van der Waals surface area contributed by atoms with Gasteiger partial charge in [-0.25, -0.2) is 0 Å². The van der Waals surface area contributed by atoms with Crippen LogP contribution in [0.2, 0.25) is 0 Å². The van der Waals surface area contributed by atoms with Crippen LogP contribution in [0.15, 0.2) is 142 Å². The van der Waals surface area contributed by atoms with E-state index in [4.69, 9.17) is 28.4 Å². The first-order valence-corrected chi connectivity index (χ1v) is 17.4. The van der Waals surface area contributed by atoms with Crippen molar-refractivity contribution in [2.45, 2.75) is 0 Å². The molecule has 0 aliphatic heterocycles. The second-order valence-corrected chi connectivity index (χ2v) is 11.6. The van der Waals surface area contributed by atoms with E-state index in [1.54, 1.807) is 94.6 Å². The minimum atomic E-state index is 0. The zero-order chi connectivity index (χ0) is 41.0. The average Bonchev–Trinajstić information content (AvgIpc) is 3.26. The van der Waals surface area contributed by atoms with Gasteiger partial charge < -0.3 is 43.7 Å². The Hall–Kier alpha value is -6.95. The number of ether oxygens (including phenoxy) is 6. The molecular formula is C45H45MnN3O9. The molecule has 1 radical (unpaired) electrons. The summed E-state index contributed by atoms with van der Waals surface area (Å²) >= 11 is 0.